The van der Waals surface area contributed by atoms with Gasteiger partial charge in [0.1, 0.15) is 6.54 Å². The molecule has 1 saturated carbocycles. The molecule has 134 valence electrons. The summed E-state index contributed by atoms with van der Waals surface area (Å²) in [6.07, 6.45) is 5.47. The van der Waals surface area contributed by atoms with Crippen molar-refractivity contribution in [2.75, 3.05) is 0 Å². The van der Waals surface area contributed by atoms with Gasteiger partial charge in [0.2, 0.25) is 5.89 Å². The first kappa shape index (κ1) is 16.4. The van der Waals surface area contributed by atoms with Crippen LogP contribution in [0.2, 0.25) is 0 Å². The second-order valence-electron chi connectivity index (χ2n) is 6.58. The number of hydrogen-bond donors (Lipinski definition) is 1. The fourth-order valence-corrected chi connectivity index (χ4v) is 2.95. The van der Waals surface area contributed by atoms with Gasteiger partial charge in [-0.2, -0.15) is 4.98 Å². The van der Waals surface area contributed by atoms with E-state index in [9.17, 15) is 4.79 Å². The van der Waals surface area contributed by atoms with Gasteiger partial charge >= 0.3 is 0 Å². The molecular formula is C18H20N6O2. The van der Waals surface area contributed by atoms with Gasteiger partial charge in [-0.25, -0.2) is 4.68 Å². The molecule has 3 aromatic rings. The molecule has 1 fully saturated rings. The third kappa shape index (κ3) is 3.63. The lowest BCUT2D eigenvalue weighted by molar-refractivity contribution is 0.0946. The maximum Gasteiger partial charge on any atom is 0.273 e. The minimum Gasteiger partial charge on any atom is -0.347 e. The quantitative estimate of drug-likeness (QED) is 0.730. The molecule has 4 rings (SSSR count). The lowest BCUT2D eigenvalue weighted by atomic mass is 9.80. The number of nitrogens with zero attached hydrogens (tertiary/aromatic N) is 5. The van der Waals surface area contributed by atoms with Crippen molar-refractivity contribution < 1.29 is 9.32 Å². The fourth-order valence-electron chi connectivity index (χ4n) is 2.95. The van der Waals surface area contributed by atoms with Crippen LogP contribution in [-0.2, 0) is 13.1 Å². The average molecular weight is 352 g/mol. The summed E-state index contributed by atoms with van der Waals surface area (Å²) in [5.41, 5.74) is 2.72. The predicted octanol–water partition coefficient (Wildman–Crippen LogP) is 2.22. The van der Waals surface area contributed by atoms with E-state index >= 15 is 0 Å². The molecule has 2 aromatic heterocycles. The Hall–Kier alpha value is -3.03. The van der Waals surface area contributed by atoms with Gasteiger partial charge < -0.3 is 9.84 Å². The Morgan fingerprint density at radius 1 is 1.31 bits per heavy atom. The second-order valence-corrected chi connectivity index (χ2v) is 6.58. The van der Waals surface area contributed by atoms with Crippen LogP contribution >= 0.6 is 0 Å². The first-order valence-electron chi connectivity index (χ1n) is 8.74. The summed E-state index contributed by atoms with van der Waals surface area (Å²) in [5.74, 6) is 1.44. The molecule has 0 radical (unpaired) electrons. The number of amides is 1. The van der Waals surface area contributed by atoms with Crippen molar-refractivity contribution in [3.8, 4) is 0 Å². The lowest BCUT2D eigenvalue weighted by Gasteiger charge is -2.25. The number of benzene rings is 1. The number of aromatic nitrogens is 5. The highest BCUT2D eigenvalue weighted by Gasteiger charge is 2.19. The molecule has 0 bridgehead atoms. The van der Waals surface area contributed by atoms with Crippen molar-refractivity contribution in [1.82, 2.24) is 30.5 Å². The minimum atomic E-state index is -0.261. The SMILES string of the molecule is Cc1nc(Cn2cc(C(=O)NCc3ccc(C4CCC4)cc3)nn2)no1. The van der Waals surface area contributed by atoms with Crippen molar-refractivity contribution in [3.05, 3.63) is 59.0 Å². The molecule has 1 aliphatic rings. The van der Waals surface area contributed by atoms with Crippen LogP contribution in [0.15, 0.2) is 35.0 Å². The van der Waals surface area contributed by atoms with Crippen LogP contribution in [0.25, 0.3) is 0 Å². The topological polar surface area (TPSA) is 98.7 Å². The first-order valence-corrected chi connectivity index (χ1v) is 8.74. The number of hydrogen-bond acceptors (Lipinski definition) is 6. The number of rotatable bonds is 6. The maximum atomic E-state index is 12.2. The van der Waals surface area contributed by atoms with Crippen molar-refractivity contribution >= 4 is 5.91 Å². The molecule has 0 spiro atoms. The molecule has 0 atom stereocenters. The minimum absolute atomic E-state index is 0.260. The van der Waals surface area contributed by atoms with Gasteiger partial charge in [-0.1, -0.05) is 41.1 Å². The average Bonchev–Trinajstić information content (AvgIpc) is 3.22. The lowest BCUT2D eigenvalue weighted by Crippen LogP contribution is -2.23. The number of nitrogens with one attached hydrogen (secondary N) is 1. The highest BCUT2D eigenvalue weighted by Crippen LogP contribution is 2.36. The molecule has 1 N–H and O–H groups in total. The Morgan fingerprint density at radius 3 is 2.77 bits per heavy atom. The summed E-state index contributed by atoms with van der Waals surface area (Å²) < 4.78 is 6.42. The number of carbonyl (C=O) groups is 1. The van der Waals surface area contributed by atoms with Crippen molar-refractivity contribution in [2.24, 2.45) is 0 Å². The van der Waals surface area contributed by atoms with E-state index in [1.54, 1.807) is 13.1 Å². The zero-order valence-electron chi connectivity index (χ0n) is 14.6. The second kappa shape index (κ2) is 7.07. The standard InChI is InChI=1S/C18H20N6O2/c1-12-20-17(22-26-12)11-24-10-16(21-23-24)18(25)19-9-13-5-7-15(8-6-13)14-3-2-4-14/h5-8,10,14H,2-4,9,11H2,1H3,(H,19,25). The van der Waals surface area contributed by atoms with Gasteiger partial charge in [-0.3, -0.25) is 4.79 Å². The van der Waals surface area contributed by atoms with Crippen LogP contribution in [0, 0.1) is 6.92 Å². The predicted molar refractivity (Wildman–Crippen MR) is 92.4 cm³/mol. The van der Waals surface area contributed by atoms with E-state index in [-0.39, 0.29) is 11.6 Å². The third-order valence-corrected chi connectivity index (χ3v) is 4.65. The first-order chi connectivity index (χ1) is 12.7. The summed E-state index contributed by atoms with van der Waals surface area (Å²) in [4.78, 5) is 16.3. The summed E-state index contributed by atoms with van der Waals surface area (Å²) in [6, 6.07) is 8.47. The summed E-state index contributed by atoms with van der Waals surface area (Å²) >= 11 is 0. The van der Waals surface area contributed by atoms with Crippen molar-refractivity contribution in [3.63, 3.8) is 0 Å². The van der Waals surface area contributed by atoms with Crippen LogP contribution in [0.3, 0.4) is 0 Å². The van der Waals surface area contributed by atoms with Gasteiger partial charge in [0.15, 0.2) is 11.5 Å². The molecule has 1 aromatic carbocycles. The molecule has 8 heteroatoms. The van der Waals surface area contributed by atoms with E-state index in [4.69, 9.17) is 4.52 Å². The molecule has 0 saturated heterocycles. The molecule has 0 aliphatic heterocycles. The fraction of sp³-hybridized carbons (Fsp3) is 0.389. The van der Waals surface area contributed by atoms with Gasteiger partial charge in [-0.05, 0) is 29.9 Å². The molecule has 0 unspecified atom stereocenters. The third-order valence-electron chi connectivity index (χ3n) is 4.65. The largest absolute Gasteiger partial charge is 0.347 e. The van der Waals surface area contributed by atoms with E-state index in [1.165, 1.54) is 29.5 Å². The highest BCUT2D eigenvalue weighted by atomic mass is 16.5. The van der Waals surface area contributed by atoms with Gasteiger partial charge in [0.05, 0.1) is 6.20 Å². The number of aryl methyl sites for hydroxylation is 1. The Labute approximate surface area is 150 Å². The van der Waals surface area contributed by atoms with Gasteiger partial charge in [0.25, 0.3) is 5.91 Å². The molecule has 2 heterocycles. The molecule has 26 heavy (non-hydrogen) atoms. The van der Waals surface area contributed by atoms with Gasteiger partial charge in [0, 0.05) is 13.5 Å². The van der Waals surface area contributed by atoms with E-state index < -0.39 is 0 Å². The summed E-state index contributed by atoms with van der Waals surface area (Å²) in [7, 11) is 0. The summed E-state index contributed by atoms with van der Waals surface area (Å²) in [5, 5.41) is 14.5. The summed E-state index contributed by atoms with van der Waals surface area (Å²) in [6.45, 7) is 2.48. The van der Waals surface area contributed by atoms with E-state index in [2.05, 4.69) is 50.0 Å². The highest BCUT2D eigenvalue weighted by molar-refractivity contribution is 5.91. The van der Waals surface area contributed by atoms with Gasteiger partial charge in [-0.15, -0.1) is 5.10 Å². The van der Waals surface area contributed by atoms with Crippen LogP contribution < -0.4 is 5.32 Å². The Morgan fingerprint density at radius 2 is 2.12 bits per heavy atom. The molecule has 1 aliphatic carbocycles. The van der Waals surface area contributed by atoms with Crippen LogP contribution in [0.1, 0.15) is 58.5 Å². The van der Waals surface area contributed by atoms with E-state index in [0.717, 1.165) is 11.5 Å². The maximum absolute atomic E-state index is 12.2. The van der Waals surface area contributed by atoms with Crippen molar-refractivity contribution in [1.29, 1.82) is 0 Å². The monoisotopic (exact) mass is 352 g/mol. The normalized spacial score (nSPS) is 14.2. The zero-order valence-corrected chi connectivity index (χ0v) is 14.6. The molecule has 8 nitrogen and oxygen atoms in total. The van der Waals surface area contributed by atoms with E-state index in [0.29, 0.717) is 24.8 Å². The van der Waals surface area contributed by atoms with Crippen LogP contribution in [-0.4, -0.2) is 31.0 Å². The Kier molecular flexibility index (Phi) is 4.47. The molecular weight excluding hydrogens is 332 g/mol. The Bertz CT molecular complexity index is 895. The number of carbonyl (C=O) groups excluding carboxylic acids is 1. The molecule has 1 amide bonds. The van der Waals surface area contributed by atoms with Crippen molar-refractivity contribution in [2.45, 2.75) is 45.2 Å². The zero-order chi connectivity index (χ0) is 17.9. The smallest absolute Gasteiger partial charge is 0.273 e. The van der Waals surface area contributed by atoms with Crippen LogP contribution in [0.4, 0.5) is 0 Å². The van der Waals surface area contributed by atoms with E-state index in [1.807, 2.05) is 0 Å². The Balaban J connectivity index is 1.31. The van der Waals surface area contributed by atoms with Crippen LogP contribution in [0.5, 0.6) is 0 Å².